The summed E-state index contributed by atoms with van der Waals surface area (Å²) in [5, 5.41) is 0. The highest BCUT2D eigenvalue weighted by molar-refractivity contribution is 4.90. The van der Waals surface area contributed by atoms with Crippen LogP contribution in [0, 0.1) is 11.8 Å². The van der Waals surface area contributed by atoms with Crippen LogP contribution in [-0.2, 0) is 0 Å². The Morgan fingerprint density at radius 1 is 1.17 bits per heavy atom. The van der Waals surface area contributed by atoms with Crippen molar-refractivity contribution in [2.24, 2.45) is 17.6 Å². The summed E-state index contributed by atoms with van der Waals surface area (Å²) in [4.78, 5) is 2.36. The van der Waals surface area contributed by atoms with Gasteiger partial charge < -0.3 is 10.6 Å². The lowest BCUT2D eigenvalue weighted by Gasteiger charge is -2.41. The average molecular weight is 168 g/mol. The van der Waals surface area contributed by atoms with Gasteiger partial charge in [0.15, 0.2) is 0 Å². The van der Waals surface area contributed by atoms with Crippen molar-refractivity contribution >= 4 is 0 Å². The lowest BCUT2D eigenvalue weighted by Crippen LogP contribution is -2.54. The van der Waals surface area contributed by atoms with Crippen molar-refractivity contribution in [3.63, 3.8) is 0 Å². The number of rotatable bonds is 2. The van der Waals surface area contributed by atoms with Gasteiger partial charge in [-0.1, -0.05) is 12.8 Å². The zero-order valence-corrected chi connectivity index (χ0v) is 8.00. The minimum absolute atomic E-state index is 0.503. The SMILES string of the molecule is CN1CC(C(N)C2CCCC2)C1. The van der Waals surface area contributed by atoms with Crippen LogP contribution in [0.15, 0.2) is 0 Å². The molecule has 1 aliphatic carbocycles. The number of nitrogens with zero attached hydrogens (tertiary/aromatic N) is 1. The molecule has 0 aromatic rings. The van der Waals surface area contributed by atoms with Gasteiger partial charge in [0, 0.05) is 19.1 Å². The fourth-order valence-corrected chi connectivity index (χ4v) is 2.72. The standard InChI is InChI=1S/C10H20N2/c1-12-6-9(7-12)10(11)8-4-2-3-5-8/h8-10H,2-7,11H2,1H3. The van der Waals surface area contributed by atoms with Gasteiger partial charge in [0.05, 0.1) is 0 Å². The van der Waals surface area contributed by atoms with Crippen LogP contribution in [0.1, 0.15) is 25.7 Å². The quantitative estimate of drug-likeness (QED) is 0.668. The molecular weight excluding hydrogens is 148 g/mol. The van der Waals surface area contributed by atoms with Crippen molar-refractivity contribution < 1.29 is 0 Å². The van der Waals surface area contributed by atoms with E-state index < -0.39 is 0 Å². The molecule has 0 bridgehead atoms. The van der Waals surface area contributed by atoms with Crippen LogP contribution < -0.4 is 5.73 Å². The molecule has 0 aromatic carbocycles. The third-order valence-corrected chi connectivity index (χ3v) is 3.58. The minimum atomic E-state index is 0.503. The largest absolute Gasteiger partial charge is 0.327 e. The van der Waals surface area contributed by atoms with E-state index in [4.69, 9.17) is 5.73 Å². The molecule has 0 spiro atoms. The molecule has 1 saturated carbocycles. The van der Waals surface area contributed by atoms with E-state index in [0.29, 0.717) is 6.04 Å². The van der Waals surface area contributed by atoms with E-state index in [0.717, 1.165) is 11.8 Å². The minimum Gasteiger partial charge on any atom is -0.327 e. The Kier molecular flexibility index (Phi) is 2.37. The molecule has 1 saturated heterocycles. The first-order chi connectivity index (χ1) is 5.77. The predicted octanol–water partition coefficient (Wildman–Crippen LogP) is 1.07. The number of likely N-dealkylation sites (tertiary alicyclic amines) is 1. The summed E-state index contributed by atoms with van der Waals surface area (Å²) in [6.07, 6.45) is 5.62. The first kappa shape index (κ1) is 8.52. The Hall–Kier alpha value is -0.0800. The normalized spacial score (nSPS) is 30.5. The van der Waals surface area contributed by atoms with E-state index in [1.165, 1.54) is 38.8 Å². The highest BCUT2D eigenvalue weighted by Crippen LogP contribution is 2.32. The maximum atomic E-state index is 6.22. The lowest BCUT2D eigenvalue weighted by molar-refractivity contribution is 0.0920. The van der Waals surface area contributed by atoms with E-state index in [2.05, 4.69) is 11.9 Å². The van der Waals surface area contributed by atoms with E-state index in [1.54, 1.807) is 0 Å². The lowest BCUT2D eigenvalue weighted by atomic mass is 9.83. The monoisotopic (exact) mass is 168 g/mol. The Morgan fingerprint density at radius 2 is 1.75 bits per heavy atom. The third-order valence-electron chi connectivity index (χ3n) is 3.58. The van der Waals surface area contributed by atoms with Gasteiger partial charge in [0.1, 0.15) is 0 Å². The summed E-state index contributed by atoms with van der Waals surface area (Å²) in [6, 6.07) is 0.503. The van der Waals surface area contributed by atoms with Crippen LogP contribution in [0.5, 0.6) is 0 Å². The molecule has 1 atom stereocenters. The van der Waals surface area contributed by atoms with E-state index in [9.17, 15) is 0 Å². The van der Waals surface area contributed by atoms with E-state index >= 15 is 0 Å². The highest BCUT2D eigenvalue weighted by Gasteiger charge is 2.34. The van der Waals surface area contributed by atoms with Crippen molar-refractivity contribution in [3.8, 4) is 0 Å². The maximum Gasteiger partial charge on any atom is 0.0120 e. The van der Waals surface area contributed by atoms with Crippen LogP contribution in [0.25, 0.3) is 0 Å². The average Bonchev–Trinajstić information content (AvgIpc) is 2.49. The summed E-state index contributed by atoms with van der Waals surface area (Å²) >= 11 is 0. The molecule has 2 heteroatoms. The van der Waals surface area contributed by atoms with Gasteiger partial charge in [-0.2, -0.15) is 0 Å². The molecule has 70 valence electrons. The van der Waals surface area contributed by atoms with Gasteiger partial charge in [-0.25, -0.2) is 0 Å². The molecule has 0 amide bonds. The Labute approximate surface area is 75.1 Å². The highest BCUT2D eigenvalue weighted by atomic mass is 15.2. The molecule has 0 radical (unpaired) electrons. The van der Waals surface area contributed by atoms with Crippen molar-refractivity contribution in [1.82, 2.24) is 4.90 Å². The Balaban J connectivity index is 1.79. The molecular formula is C10H20N2. The molecule has 0 aromatic heterocycles. The van der Waals surface area contributed by atoms with Crippen LogP contribution in [0.2, 0.25) is 0 Å². The second-order valence-electron chi connectivity index (χ2n) is 4.60. The second kappa shape index (κ2) is 3.35. The van der Waals surface area contributed by atoms with Crippen LogP contribution >= 0.6 is 0 Å². The number of hydrogen-bond donors (Lipinski definition) is 1. The summed E-state index contributed by atoms with van der Waals surface area (Å²) in [5.74, 6) is 1.65. The van der Waals surface area contributed by atoms with Crippen molar-refractivity contribution in [3.05, 3.63) is 0 Å². The van der Waals surface area contributed by atoms with Gasteiger partial charge in [0.25, 0.3) is 0 Å². The molecule has 1 heterocycles. The van der Waals surface area contributed by atoms with Gasteiger partial charge in [0.2, 0.25) is 0 Å². The van der Waals surface area contributed by atoms with Crippen LogP contribution in [-0.4, -0.2) is 31.1 Å². The molecule has 1 unspecified atom stereocenters. The van der Waals surface area contributed by atoms with Crippen molar-refractivity contribution in [2.75, 3.05) is 20.1 Å². The molecule has 2 aliphatic rings. The summed E-state index contributed by atoms with van der Waals surface area (Å²) in [7, 11) is 2.18. The Morgan fingerprint density at radius 3 is 2.25 bits per heavy atom. The first-order valence-corrected chi connectivity index (χ1v) is 5.21. The van der Waals surface area contributed by atoms with Crippen LogP contribution in [0.4, 0.5) is 0 Å². The molecule has 1 aliphatic heterocycles. The van der Waals surface area contributed by atoms with Crippen molar-refractivity contribution in [2.45, 2.75) is 31.7 Å². The van der Waals surface area contributed by atoms with Gasteiger partial charge in [-0.3, -0.25) is 0 Å². The van der Waals surface area contributed by atoms with Gasteiger partial charge in [-0.15, -0.1) is 0 Å². The van der Waals surface area contributed by atoms with Crippen molar-refractivity contribution in [1.29, 1.82) is 0 Å². The summed E-state index contributed by atoms with van der Waals surface area (Å²) < 4.78 is 0. The fourth-order valence-electron chi connectivity index (χ4n) is 2.72. The van der Waals surface area contributed by atoms with Gasteiger partial charge in [-0.05, 0) is 31.7 Å². The second-order valence-corrected chi connectivity index (χ2v) is 4.60. The summed E-state index contributed by atoms with van der Waals surface area (Å²) in [5.41, 5.74) is 6.22. The molecule has 12 heavy (non-hydrogen) atoms. The van der Waals surface area contributed by atoms with Gasteiger partial charge >= 0.3 is 0 Å². The molecule has 2 fully saturated rings. The first-order valence-electron chi connectivity index (χ1n) is 5.21. The zero-order valence-electron chi connectivity index (χ0n) is 8.00. The zero-order chi connectivity index (χ0) is 8.55. The smallest absolute Gasteiger partial charge is 0.0120 e. The molecule has 2 N–H and O–H groups in total. The van der Waals surface area contributed by atoms with Crippen LogP contribution in [0.3, 0.4) is 0 Å². The van der Waals surface area contributed by atoms with E-state index in [1.807, 2.05) is 0 Å². The topological polar surface area (TPSA) is 29.3 Å². The number of hydrogen-bond acceptors (Lipinski definition) is 2. The third kappa shape index (κ3) is 1.50. The fraction of sp³-hybridized carbons (Fsp3) is 1.00. The Bertz CT molecular complexity index is 146. The predicted molar refractivity (Wildman–Crippen MR) is 50.9 cm³/mol. The maximum absolute atomic E-state index is 6.22. The number of nitrogens with two attached hydrogens (primary N) is 1. The molecule has 2 rings (SSSR count). The van der Waals surface area contributed by atoms with E-state index in [-0.39, 0.29) is 0 Å². The molecule has 2 nitrogen and oxygen atoms in total. The summed E-state index contributed by atoms with van der Waals surface area (Å²) in [6.45, 7) is 2.47.